The summed E-state index contributed by atoms with van der Waals surface area (Å²) >= 11 is 9.70. The lowest BCUT2D eigenvalue weighted by Gasteiger charge is -2.05. The zero-order valence-corrected chi connectivity index (χ0v) is 11.6. The lowest BCUT2D eigenvalue weighted by atomic mass is 10.2. The van der Waals surface area contributed by atoms with Crippen molar-refractivity contribution < 1.29 is 0 Å². The minimum atomic E-state index is 0.472. The highest BCUT2D eigenvalue weighted by molar-refractivity contribution is 9.10. The van der Waals surface area contributed by atoms with Crippen LogP contribution in [0.25, 0.3) is 22.3 Å². The van der Waals surface area contributed by atoms with Crippen molar-refractivity contribution in [3.8, 4) is 11.4 Å². The van der Waals surface area contributed by atoms with Gasteiger partial charge in [-0.1, -0.05) is 48.0 Å². The van der Waals surface area contributed by atoms with E-state index in [9.17, 15) is 0 Å². The van der Waals surface area contributed by atoms with E-state index >= 15 is 0 Å². The first kappa shape index (κ1) is 11.6. The normalized spacial score (nSPS) is 10.8. The largest absolute Gasteiger partial charge is 0.227 e. The van der Waals surface area contributed by atoms with E-state index in [2.05, 4.69) is 25.9 Å². The van der Waals surface area contributed by atoms with E-state index in [1.807, 2.05) is 48.5 Å². The lowest BCUT2D eigenvalue weighted by molar-refractivity contribution is 1.22. The second-order valence-electron chi connectivity index (χ2n) is 3.84. The third-order valence-corrected chi connectivity index (χ3v) is 3.59. The molecule has 4 heteroatoms. The van der Waals surface area contributed by atoms with Gasteiger partial charge in [-0.15, -0.1) is 0 Å². The standard InChI is InChI=1S/C14H8BrClN2/c15-11-8-4-7-10-12(11)17-14(18-13(10)16)9-5-2-1-3-6-9/h1-8H. The number of benzene rings is 2. The molecular formula is C14H8BrClN2. The number of halogens is 2. The summed E-state index contributed by atoms with van der Waals surface area (Å²) in [4.78, 5) is 8.91. The molecular weight excluding hydrogens is 312 g/mol. The van der Waals surface area contributed by atoms with E-state index in [1.54, 1.807) is 0 Å². The molecule has 0 aliphatic heterocycles. The summed E-state index contributed by atoms with van der Waals surface area (Å²) in [7, 11) is 0. The molecule has 3 rings (SSSR count). The fourth-order valence-corrected chi connectivity index (χ4v) is 2.48. The summed E-state index contributed by atoms with van der Waals surface area (Å²) in [5.41, 5.74) is 1.79. The van der Waals surface area contributed by atoms with Crippen LogP contribution < -0.4 is 0 Å². The molecule has 0 aliphatic carbocycles. The van der Waals surface area contributed by atoms with Gasteiger partial charge < -0.3 is 0 Å². The number of hydrogen-bond donors (Lipinski definition) is 0. The van der Waals surface area contributed by atoms with E-state index in [0.717, 1.165) is 20.9 Å². The summed E-state index contributed by atoms with van der Waals surface area (Å²) in [5, 5.41) is 1.32. The van der Waals surface area contributed by atoms with Crippen LogP contribution >= 0.6 is 27.5 Å². The highest BCUT2D eigenvalue weighted by Gasteiger charge is 2.09. The maximum Gasteiger partial charge on any atom is 0.161 e. The van der Waals surface area contributed by atoms with Gasteiger partial charge in [-0.25, -0.2) is 9.97 Å². The van der Waals surface area contributed by atoms with Crippen molar-refractivity contribution >= 4 is 38.4 Å². The molecule has 0 bridgehead atoms. The molecule has 0 amide bonds. The zero-order valence-electron chi connectivity index (χ0n) is 9.27. The highest BCUT2D eigenvalue weighted by atomic mass is 79.9. The summed E-state index contributed by atoms with van der Waals surface area (Å²) in [6, 6.07) is 15.6. The van der Waals surface area contributed by atoms with Crippen LogP contribution in [-0.2, 0) is 0 Å². The molecule has 2 nitrogen and oxygen atoms in total. The Labute approximate surface area is 118 Å². The predicted molar refractivity (Wildman–Crippen MR) is 77.7 cm³/mol. The van der Waals surface area contributed by atoms with Gasteiger partial charge in [0.05, 0.1) is 5.52 Å². The molecule has 3 aromatic rings. The van der Waals surface area contributed by atoms with Gasteiger partial charge in [0.25, 0.3) is 0 Å². The first-order chi connectivity index (χ1) is 8.75. The van der Waals surface area contributed by atoms with Crippen LogP contribution in [0.15, 0.2) is 53.0 Å². The second-order valence-corrected chi connectivity index (χ2v) is 5.05. The molecule has 1 aromatic heterocycles. The molecule has 1 heterocycles. The molecule has 0 atom stereocenters. The Balaban J connectivity index is 2.31. The van der Waals surface area contributed by atoms with E-state index in [0.29, 0.717) is 11.0 Å². The first-order valence-corrected chi connectivity index (χ1v) is 6.60. The molecule has 0 saturated heterocycles. The summed E-state index contributed by atoms with van der Waals surface area (Å²) in [5.74, 6) is 0.639. The molecule has 88 valence electrons. The van der Waals surface area contributed by atoms with Gasteiger partial charge in [-0.05, 0) is 28.1 Å². The monoisotopic (exact) mass is 318 g/mol. The number of fused-ring (bicyclic) bond motifs is 1. The van der Waals surface area contributed by atoms with Crippen LogP contribution in [0.2, 0.25) is 5.15 Å². The Morgan fingerprint density at radius 1 is 0.889 bits per heavy atom. The lowest BCUT2D eigenvalue weighted by Crippen LogP contribution is -1.92. The topological polar surface area (TPSA) is 25.8 Å². The van der Waals surface area contributed by atoms with Gasteiger partial charge in [-0.3, -0.25) is 0 Å². The van der Waals surface area contributed by atoms with Gasteiger partial charge in [-0.2, -0.15) is 0 Å². The minimum absolute atomic E-state index is 0.472. The fraction of sp³-hybridized carbons (Fsp3) is 0. The van der Waals surface area contributed by atoms with Gasteiger partial charge in [0.1, 0.15) is 5.15 Å². The van der Waals surface area contributed by atoms with Gasteiger partial charge in [0.2, 0.25) is 0 Å². The van der Waals surface area contributed by atoms with Gasteiger partial charge in [0.15, 0.2) is 5.82 Å². The number of aromatic nitrogens is 2. The Hall–Kier alpha value is -1.45. The fourth-order valence-electron chi connectivity index (χ4n) is 1.80. The van der Waals surface area contributed by atoms with Crippen molar-refractivity contribution in [1.82, 2.24) is 9.97 Å². The average Bonchev–Trinajstić information content (AvgIpc) is 2.41. The molecule has 0 saturated carbocycles. The SMILES string of the molecule is Clc1nc(-c2ccccc2)nc2c(Br)cccc12. The third-order valence-electron chi connectivity index (χ3n) is 2.66. The molecule has 0 unspecified atom stereocenters. The van der Waals surface area contributed by atoms with Crippen molar-refractivity contribution in [3.63, 3.8) is 0 Å². The Morgan fingerprint density at radius 3 is 2.44 bits per heavy atom. The van der Waals surface area contributed by atoms with Crippen LogP contribution in [0.5, 0.6) is 0 Å². The summed E-state index contributed by atoms with van der Waals surface area (Å²) < 4.78 is 0.918. The van der Waals surface area contributed by atoms with E-state index in [-0.39, 0.29) is 0 Å². The van der Waals surface area contributed by atoms with Crippen molar-refractivity contribution in [2.24, 2.45) is 0 Å². The Bertz CT molecular complexity index is 714. The third kappa shape index (κ3) is 2.00. The molecule has 2 aromatic carbocycles. The smallest absolute Gasteiger partial charge is 0.161 e. The van der Waals surface area contributed by atoms with E-state index < -0.39 is 0 Å². The molecule has 0 N–H and O–H groups in total. The molecule has 0 spiro atoms. The zero-order chi connectivity index (χ0) is 12.5. The quantitative estimate of drug-likeness (QED) is 0.607. The number of rotatable bonds is 1. The van der Waals surface area contributed by atoms with Crippen LogP contribution in [0, 0.1) is 0 Å². The maximum absolute atomic E-state index is 6.21. The maximum atomic E-state index is 6.21. The summed E-state index contributed by atoms with van der Waals surface area (Å²) in [6.07, 6.45) is 0. The Kier molecular flexibility index (Phi) is 3.02. The molecule has 0 fully saturated rings. The second kappa shape index (κ2) is 4.67. The van der Waals surface area contributed by atoms with Crippen LogP contribution in [0.4, 0.5) is 0 Å². The van der Waals surface area contributed by atoms with Crippen molar-refractivity contribution in [3.05, 3.63) is 58.2 Å². The predicted octanol–water partition coefficient (Wildman–Crippen LogP) is 4.71. The van der Waals surface area contributed by atoms with Gasteiger partial charge in [0, 0.05) is 15.4 Å². The van der Waals surface area contributed by atoms with E-state index in [1.165, 1.54) is 0 Å². The minimum Gasteiger partial charge on any atom is -0.227 e. The average molecular weight is 320 g/mol. The number of hydrogen-bond acceptors (Lipinski definition) is 2. The van der Waals surface area contributed by atoms with Crippen LogP contribution in [0.3, 0.4) is 0 Å². The van der Waals surface area contributed by atoms with Gasteiger partial charge >= 0.3 is 0 Å². The first-order valence-electron chi connectivity index (χ1n) is 5.43. The highest BCUT2D eigenvalue weighted by Crippen LogP contribution is 2.29. The molecule has 0 radical (unpaired) electrons. The number of para-hydroxylation sites is 1. The van der Waals surface area contributed by atoms with E-state index in [4.69, 9.17) is 11.6 Å². The number of nitrogens with zero attached hydrogens (tertiary/aromatic N) is 2. The van der Waals surface area contributed by atoms with Crippen molar-refractivity contribution in [2.75, 3.05) is 0 Å². The van der Waals surface area contributed by atoms with Crippen molar-refractivity contribution in [1.29, 1.82) is 0 Å². The van der Waals surface area contributed by atoms with Crippen molar-refractivity contribution in [2.45, 2.75) is 0 Å². The molecule has 18 heavy (non-hydrogen) atoms. The molecule has 0 aliphatic rings. The summed E-state index contributed by atoms with van der Waals surface area (Å²) in [6.45, 7) is 0. The van der Waals surface area contributed by atoms with Crippen LogP contribution in [0.1, 0.15) is 0 Å². The Morgan fingerprint density at radius 2 is 1.67 bits per heavy atom. The van der Waals surface area contributed by atoms with Crippen LogP contribution in [-0.4, -0.2) is 9.97 Å².